The predicted molar refractivity (Wildman–Crippen MR) is 76.0 cm³/mol. The van der Waals surface area contributed by atoms with Gasteiger partial charge in [0.15, 0.2) is 0 Å². The van der Waals surface area contributed by atoms with Crippen LogP contribution in [0.1, 0.15) is 5.56 Å². The molecule has 0 unspecified atom stereocenters. The lowest BCUT2D eigenvalue weighted by atomic mass is 9.79. The topological polar surface area (TPSA) is 75.6 Å². The van der Waals surface area contributed by atoms with Crippen molar-refractivity contribution in [2.45, 2.75) is 11.5 Å². The van der Waals surface area contributed by atoms with Gasteiger partial charge in [-0.25, -0.2) is 12.8 Å². The summed E-state index contributed by atoms with van der Waals surface area (Å²) in [7, 11) is -5.05. The van der Waals surface area contributed by atoms with Gasteiger partial charge in [0, 0.05) is 0 Å². The summed E-state index contributed by atoms with van der Waals surface area (Å²) in [4.78, 5) is 0.0293. The van der Waals surface area contributed by atoms with Gasteiger partial charge in [-0.2, -0.15) is 0 Å². The summed E-state index contributed by atoms with van der Waals surface area (Å²) in [6.45, 7) is 0.0964. The van der Waals surface area contributed by atoms with E-state index in [0.717, 1.165) is 6.07 Å². The van der Waals surface area contributed by atoms with Gasteiger partial charge in [-0.1, -0.05) is 18.2 Å². The van der Waals surface area contributed by atoms with Crippen LogP contribution in [0.25, 0.3) is 0 Å². The molecule has 0 saturated carbocycles. The first-order chi connectivity index (χ1) is 9.97. The highest BCUT2D eigenvalue weighted by atomic mass is 32.2. The number of anilines is 1. The lowest BCUT2D eigenvalue weighted by Crippen LogP contribution is -2.29. The van der Waals surface area contributed by atoms with E-state index in [4.69, 9.17) is 4.65 Å². The zero-order valence-electron chi connectivity index (χ0n) is 10.8. The SMILES string of the molecule is O=S(=O)(Nc1cc2c(cc1F)COB2O)c1ccccc1. The molecule has 0 bridgehead atoms. The minimum Gasteiger partial charge on any atom is -0.423 e. The highest BCUT2D eigenvalue weighted by molar-refractivity contribution is 7.92. The molecule has 8 heteroatoms. The number of hydrogen-bond donors (Lipinski definition) is 2. The molecule has 0 atom stereocenters. The minimum atomic E-state index is -3.88. The fourth-order valence-corrected chi connectivity index (χ4v) is 3.21. The molecule has 0 radical (unpaired) electrons. The van der Waals surface area contributed by atoms with Gasteiger partial charge in [-0.15, -0.1) is 0 Å². The Morgan fingerprint density at radius 3 is 2.67 bits per heavy atom. The van der Waals surface area contributed by atoms with Crippen LogP contribution in [0, 0.1) is 5.82 Å². The normalized spacial score (nSPS) is 14.1. The van der Waals surface area contributed by atoms with Crippen LogP contribution in [0.3, 0.4) is 0 Å². The van der Waals surface area contributed by atoms with E-state index in [1.807, 2.05) is 0 Å². The minimum absolute atomic E-state index is 0.0293. The number of benzene rings is 2. The number of rotatable bonds is 3. The fraction of sp³-hybridized carbons (Fsp3) is 0.0769. The lowest BCUT2D eigenvalue weighted by Gasteiger charge is -2.10. The molecule has 21 heavy (non-hydrogen) atoms. The largest absolute Gasteiger partial charge is 0.491 e. The van der Waals surface area contributed by atoms with Crippen molar-refractivity contribution >= 4 is 28.3 Å². The molecule has 3 rings (SSSR count). The molecule has 0 fully saturated rings. The van der Waals surface area contributed by atoms with Crippen molar-refractivity contribution in [2.24, 2.45) is 0 Å². The van der Waals surface area contributed by atoms with Crippen molar-refractivity contribution in [3.8, 4) is 0 Å². The molecular formula is C13H11BFNO4S. The molecule has 1 aliphatic rings. The zero-order chi connectivity index (χ0) is 15.0. The third-order valence-corrected chi connectivity index (χ3v) is 4.57. The highest BCUT2D eigenvalue weighted by Gasteiger charge is 2.29. The van der Waals surface area contributed by atoms with Gasteiger partial charge in [0.2, 0.25) is 0 Å². The first kappa shape index (κ1) is 14.1. The number of sulfonamides is 1. The van der Waals surface area contributed by atoms with Crippen molar-refractivity contribution in [3.05, 3.63) is 53.8 Å². The van der Waals surface area contributed by atoms with E-state index in [1.165, 1.54) is 18.2 Å². The number of nitrogens with one attached hydrogen (secondary N) is 1. The van der Waals surface area contributed by atoms with E-state index >= 15 is 0 Å². The Balaban J connectivity index is 1.98. The summed E-state index contributed by atoms with van der Waals surface area (Å²) in [6, 6.07) is 10.1. The van der Waals surface area contributed by atoms with Crippen molar-refractivity contribution in [2.75, 3.05) is 4.72 Å². The molecule has 108 valence electrons. The summed E-state index contributed by atoms with van der Waals surface area (Å²) < 4.78 is 45.4. The summed E-state index contributed by atoms with van der Waals surface area (Å²) in [5, 5.41) is 9.59. The predicted octanol–water partition coefficient (Wildman–Crippen LogP) is 0.844. The van der Waals surface area contributed by atoms with E-state index in [1.54, 1.807) is 18.2 Å². The molecule has 0 aromatic heterocycles. The Morgan fingerprint density at radius 1 is 1.24 bits per heavy atom. The summed E-state index contributed by atoms with van der Waals surface area (Å²) in [6.07, 6.45) is 0. The fourth-order valence-electron chi connectivity index (χ4n) is 2.13. The number of fused-ring (bicyclic) bond motifs is 1. The molecule has 1 heterocycles. The maximum atomic E-state index is 14.0. The van der Waals surface area contributed by atoms with Crippen molar-refractivity contribution < 1.29 is 22.5 Å². The van der Waals surface area contributed by atoms with Crippen LogP contribution >= 0.6 is 0 Å². The second-order valence-electron chi connectivity index (χ2n) is 4.61. The van der Waals surface area contributed by atoms with Crippen LogP contribution in [0.15, 0.2) is 47.4 Å². The van der Waals surface area contributed by atoms with Crippen LogP contribution in [0.4, 0.5) is 10.1 Å². The maximum absolute atomic E-state index is 14.0. The van der Waals surface area contributed by atoms with E-state index in [-0.39, 0.29) is 17.2 Å². The Hall–Kier alpha value is -1.90. The second kappa shape index (κ2) is 5.14. The summed E-state index contributed by atoms with van der Waals surface area (Å²) in [5.41, 5.74) is 0.645. The molecule has 0 spiro atoms. The van der Waals surface area contributed by atoms with Crippen LogP contribution < -0.4 is 10.2 Å². The van der Waals surface area contributed by atoms with Gasteiger partial charge < -0.3 is 9.68 Å². The molecule has 2 N–H and O–H groups in total. The zero-order valence-corrected chi connectivity index (χ0v) is 11.6. The van der Waals surface area contributed by atoms with Gasteiger partial charge in [0.05, 0.1) is 17.2 Å². The third kappa shape index (κ3) is 2.65. The van der Waals surface area contributed by atoms with E-state index < -0.39 is 23.0 Å². The second-order valence-corrected chi connectivity index (χ2v) is 6.30. The Labute approximate surface area is 121 Å². The van der Waals surface area contributed by atoms with Crippen LogP contribution in [-0.4, -0.2) is 20.6 Å². The molecule has 1 aliphatic heterocycles. The lowest BCUT2D eigenvalue weighted by molar-refractivity contribution is 0.275. The molecular weight excluding hydrogens is 296 g/mol. The van der Waals surface area contributed by atoms with Gasteiger partial charge in [-0.05, 0) is 35.3 Å². The smallest absolute Gasteiger partial charge is 0.423 e. The molecule has 0 saturated heterocycles. The Bertz CT molecular complexity index is 782. The van der Waals surface area contributed by atoms with Gasteiger partial charge in [-0.3, -0.25) is 4.72 Å². The first-order valence-corrected chi connectivity index (χ1v) is 7.65. The average molecular weight is 307 g/mol. The van der Waals surface area contributed by atoms with Crippen molar-refractivity contribution in [1.82, 2.24) is 0 Å². The number of hydrogen-bond acceptors (Lipinski definition) is 4. The van der Waals surface area contributed by atoms with Crippen molar-refractivity contribution in [1.29, 1.82) is 0 Å². The quantitative estimate of drug-likeness (QED) is 0.824. The summed E-state index contributed by atoms with van der Waals surface area (Å²) >= 11 is 0. The van der Waals surface area contributed by atoms with Crippen molar-refractivity contribution in [3.63, 3.8) is 0 Å². The van der Waals surface area contributed by atoms with Gasteiger partial charge in [0.25, 0.3) is 10.0 Å². The molecule has 2 aromatic carbocycles. The average Bonchev–Trinajstić information content (AvgIpc) is 2.81. The standard InChI is InChI=1S/C13H11BFNO4S/c15-12-6-9-8-20-14(17)11(9)7-13(12)16-21(18,19)10-4-2-1-3-5-10/h1-7,16-17H,8H2. The number of halogens is 1. The van der Waals surface area contributed by atoms with E-state index in [0.29, 0.717) is 11.0 Å². The van der Waals surface area contributed by atoms with E-state index in [9.17, 15) is 17.8 Å². The molecule has 2 aromatic rings. The van der Waals surface area contributed by atoms with Crippen LogP contribution in [0.2, 0.25) is 0 Å². The van der Waals surface area contributed by atoms with Crippen LogP contribution in [0.5, 0.6) is 0 Å². The highest BCUT2D eigenvalue weighted by Crippen LogP contribution is 2.22. The summed E-state index contributed by atoms with van der Waals surface area (Å²) in [5.74, 6) is -0.717. The van der Waals surface area contributed by atoms with Gasteiger partial charge >= 0.3 is 7.12 Å². The van der Waals surface area contributed by atoms with Gasteiger partial charge in [0.1, 0.15) is 5.82 Å². The molecule has 0 amide bonds. The van der Waals surface area contributed by atoms with Crippen LogP contribution in [-0.2, 0) is 21.3 Å². The maximum Gasteiger partial charge on any atom is 0.491 e. The Morgan fingerprint density at radius 2 is 1.95 bits per heavy atom. The monoisotopic (exact) mass is 307 g/mol. The first-order valence-electron chi connectivity index (χ1n) is 6.17. The third-order valence-electron chi connectivity index (χ3n) is 3.19. The molecule has 0 aliphatic carbocycles. The Kier molecular flexibility index (Phi) is 3.44. The molecule has 5 nitrogen and oxygen atoms in total. The van der Waals surface area contributed by atoms with E-state index in [2.05, 4.69) is 4.72 Å².